The molecule has 7 heteroatoms. The van der Waals surface area contributed by atoms with E-state index in [0.717, 1.165) is 6.07 Å². The quantitative estimate of drug-likeness (QED) is 0.643. The van der Waals surface area contributed by atoms with E-state index >= 15 is 0 Å². The average Bonchev–Trinajstić information content (AvgIpc) is 2.75. The molecular weight excluding hydrogens is 290 g/mol. The highest BCUT2D eigenvalue weighted by molar-refractivity contribution is 6.20. The summed E-state index contributed by atoms with van der Waals surface area (Å²) in [6, 6.07) is 1.94. The molecule has 1 aromatic heterocycles. The van der Waals surface area contributed by atoms with E-state index in [4.69, 9.17) is 11.6 Å². The van der Waals surface area contributed by atoms with Gasteiger partial charge in [-0.3, -0.25) is 4.79 Å². The Morgan fingerprint density at radius 1 is 1.50 bits per heavy atom. The Kier molecular flexibility index (Phi) is 4.23. The molecule has 0 N–H and O–H groups in total. The summed E-state index contributed by atoms with van der Waals surface area (Å²) in [5, 5.41) is -0.498. The minimum Gasteiger partial charge on any atom is -0.469 e. The molecule has 0 amide bonds. The fraction of sp³-hybridized carbons (Fsp3) is 0.385. The second kappa shape index (κ2) is 5.75. The number of aromatic nitrogens is 2. The number of hydrogen-bond donors (Lipinski definition) is 0. The summed E-state index contributed by atoms with van der Waals surface area (Å²) in [7, 11) is 1.28. The van der Waals surface area contributed by atoms with Crippen LogP contribution < -0.4 is 0 Å². The molecule has 0 spiro atoms. The number of methoxy groups -OCH3 is 1. The van der Waals surface area contributed by atoms with Crippen molar-refractivity contribution in [1.82, 2.24) is 9.55 Å². The number of hydrogen-bond acceptors (Lipinski definition) is 3. The average molecular weight is 303 g/mol. The number of imidazole rings is 1. The monoisotopic (exact) mass is 302 g/mol. The van der Waals surface area contributed by atoms with Crippen LogP contribution in [0.3, 0.4) is 0 Å². The number of carbonyl (C=O) groups is 1. The largest absolute Gasteiger partial charge is 0.469 e. The molecular formula is C13H13ClF2N2O2. The molecule has 4 nitrogen and oxygen atoms in total. The van der Waals surface area contributed by atoms with Crippen LogP contribution in [0.1, 0.15) is 24.5 Å². The van der Waals surface area contributed by atoms with E-state index in [1.807, 2.05) is 0 Å². The number of carbonyl (C=O) groups excluding carboxylic acids is 1. The molecule has 2 rings (SSSR count). The molecule has 1 unspecified atom stereocenters. The van der Waals surface area contributed by atoms with Crippen molar-refractivity contribution in [2.75, 3.05) is 7.11 Å². The number of aryl methyl sites for hydroxylation is 1. The highest BCUT2D eigenvalue weighted by Crippen LogP contribution is 2.27. The summed E-state index contributed by atoms with van der Waals surface area (Å²) >= 11 is 6.01. The maximum Gasteiger partial charge on any atom is 0.307 e. The number of nitrogens with zero attached hydrogens (tertiary/aromatic N) is 2. The van der Waals surface area contributed by atoms with Crippen molar-refractivity contribution < 1.29 is 18.3 Å². The molecule has 1 atom stereocenters. The van der Waals surface area contributed by atoms with E-state index in [1.165, 1.54) is 17.7 Å². The van der Waals surface area contributed by atoms with Crippen LogP contribution >= 0.6 is 11.6 Å². The Bertz CT molecular complexity index is 655. The summed E-state index contributed by atoms with van der Waals surface area (Å²) in [6.07, 6.45) is 0.0662. The van der Waals surface area contributed by atoms with Crippen LogP contribution in [0.5, 0.6) is 0 Å². The topological polar surface area (TPSA) is 44.1 Å². The molecule has 0 aliphatic carbocycles. The van der Waals surface area contributed by atoms with Crippen molar-refractivity contribution in [3.8, 4) is 0 Å². The van der Waals surface area contributed by atoms with E-state index < -0.39 is 23.0 Å². The van der Waals surface area contributed by atoms with Gasteiger partial charge in [-0.1, -0.05) is 0 Å². The fourth-order valence-corrected chi connectivity index (χ4v) is 2.18. The van der Waals surface area contributed by atoms with E-state index in [1.54, 1.807) is 6.92 Å². The number of rotatable bonds is 4. The molecule has 0 fully saturated rings. The molecule has 1 aromatic carbocycles. The number of fused-ring (bicyclic) bond motifs is 1. The van der Waals surface area contributed by atoms with Gasteiger partial charge in [-0.25, -0.2) is 13.8 Å². The van der Waals surface area contributed by atoms with Crippen molar-refractivity contribution in [1.29, 1.82) is 0 Å². The second-order valence-corrected chi connectivity index (χ2v) is 4.97. The van der Waals surface area contributed by atoms with Crippen LogP contribution in [-0.4, -0.2) is 22.6 Å². The number of halogens is 3. The number of esters is 1. The summed E-state index contributed by atoms with van der Waals surface area (Å²) in [5.74, 6) is -1.50. The first-order valence-electron chi connectivity index (χ1n) is 6.00. The third-order valence-corrected chi connectivity index (χ3v) is 3.12. The Hall–Kier alpha value is -1.69. The maximum atomic E-state index is 13.7. The number of benzene rings is 1. The van der Waals surface area contributed by atoms with Gasteiger partial charge in [0.05, 0.1) is 24.4 Å². The van der Waals surface area contributed by atoms with Crippen LogP contribution in [0.15, 0.2) is 12.1 Å². The van der Waals surface area contributed by atoms with Crippen molar-refractivity contribution in [2.24, 2.45) is 0 Å². The molecule has 1 heterocycles. The lowest BCUT2D eigenvalue weighted by atomic mass is 10.3. The summed E-state index contributed by atoms with van der Waals surface area (Å²) in [6.45, 7) is 1.87. The van der Waals surface area contributed by atoms with Gasteiger partial charge in [-0.05, 0) is 13.0 Å². The van der Waals surface area contributed by atoms with Gasteiger partial charge in [-0.15, -0.1) is 11.6 Å². The van der Waals surface area contributed by atoms with E-state index in [2.05, 4.69) is 9.72 Å². The van der Waals surface area contributed by atoms with Crippen LogP contribution in [0.25, 0.3) is 11.0 Å². The lowest BCUT2D eigenvalue weighted by Crippen LogP contribution is -2.10. The third kappa shape index (κ3) is 2.75. The standard InChI is InChI=1S/C13H13ClF2N2O2/c1-7(14)13-17-12-9(16)5-8(15)6-10(12)18(13)4-3-11(19)20-2/h5-7H,3-4H2,1-2H3. The van der Waals surface area contributed by atoms with Gasteiger partial charge in [-0.2, -0.15) is 0 Å². The molecule has 0 aliphatic heterocycles. The molecule has 0 radical (unpaired) electrons. The molecule has 0 aliphatic rings. The van der Waals surface area contributed by atoms with Gasteiger partial charge in [0.15, 0.2) is 5.82 Å². The minimum atomic E-state index is -0.754. The van der Waals surface area contributed by atoms with E-state index in [9.17, 15) is 13.6 Å². The van der Waals surface area contributed by atoms with Crippen LogP contribution in [0.4, 0.5) is 8.78 Å². The highest BCUT2D eigenvalue weighted by Gasteiger charge is 2.19. The molecule has 20 heavy (non-hydrogen) atoms. The van der Waals surface area contributed by atoms with Crippen molar-refractivity contribution >= 4 is 28.6 Å². The van der Waals surface area contributed by atoms with Gasteiger partial charge < -0.3 is 9.30 Å². The minimum absolute atomic E-state index is 0.0405. The maximum absolute atomic E-state index is 13.7. The summed E-state index contributed by atoms with van der Waals surface area (Å²) < 4.78 is 33.2. The Morgan fingerprint density at radius 2 is 2.20 bits per heavy atom. The second-order valence-electron chi connectivity index (χ2n) is 4.32. The Balaban J connectivity index is 2.53. The van der Waals surface area contributed by atoms with Crippen LogP contribution in [0, 0.1) is 11.6 Å². The first kappa shape index (κ1) is 14.7. The van der Waals surface area contributed by atoms with Crippen molar-refractivity contribution in [2.45, 2.75) is 25.3 Å². The first-order valence-corrected chi connectivity index (χ1v) is 6.43. The zero-order valence-electron chi connectivity index (χ0n) is 11.0. The number of ether oxygens (including phenoxy) is 1. The SMILES string of the molecule is COC(=O)CCn1c(C(C)Cl)nc2c(F)cc(F)cc21. The molecule has 0 saturated heterocycles. The van der Waals surface area contributed by atoms with Crippen LogP contribution in [-0.2, 0) is 16.1 Å². The smallest absolute Gasteiger partial charge is 0.307 e. The predicted octanol–water partition coefficient (Wildman–Crippen LogP) is 3.18. The van der Waals surface area contributed by atoms with Gasteiger partial charge in [0.25, 0.3) is 0 Å². The van der Waals surface area contributed by atoms with Crippen LogP contribution in [0.2, 0.25) is 0 Å². The van der Waals surface area contributed by atoms with Crippen molar-refractivity contribution in [3.63, 3.8) is 0 Å². The lowest BCUT2D eigenvalue weighted by Gasteiger charge is -2.09. The van der Waals surface area contributed by atoms with Gasteiger partial charge in [0.2, 0.25) is 0 Å². The van der Waals surface area contributed by atoms with E-state index in [0.29, 0.717) is 5.82 Å². The Labute approximate surface area is 119 Å². The van der Waals surface area contributed by atoms with Gasteiger partial charge in [0.1, 0.15) is 17.2 Å². The zero-order chi connectivity index (χ0) is 14.9. The van der Waals surface area contributed by atoms with Gasteiger partial charge in [0, 0.05) is 12.6 Å². The first-order chi connectivity index (χ1) is 9.43. The van der Waals surface area contributed by atoms with E-state index in [-0.39, 0.29) is 24.0 Å². The van der Waals surface area contributed by atoms with Crippen molar-refractivity contribution in [3.05, 3.63) is 29.6 Å². The molecule has 2 aromatic rings. The fourth-order valence-electron chi connectivity index (χ4n) is 2.01. The predicted molar refractivity (Wildman–Crippen MR) is 70.6 cm³/mol. The summed E-state index contributed by atoms with van der Waals surface area (Å²) in [4.78, 5) is 15.3. The third-order valence-electron chi connectivity index (χ3n) is 2.92. The Morgan fingerprint density at radius 3 is 2.80 bits per heavy atom. The normalized spacial score (nSPS) is 12.7. The molecule has 0 saturated carbocycles. The highest BCUT2D eigenvalue weighted by atomic mass is 35.5. The summed E-state index contributed by atoms with van der Waals surface area (Å²) in [5.41, 5.74) is 0.313. The zero-order valence-corrected chi connectivity index (χ0v) is 11.7. The molecule has 0 bridgehead atoms. The molecule has 108 valence electrons. The number of alkyl halides is 1. The lowest BCUT2D eigenvalue weighted by molar-refractivity contribution is -0.140. The van der Waals surface area contributed by atoms with Gasteiger partial charge >= 0.3 is 5.97 Å².